The van der Waals surface area contributed by atoms with Crippen molar-refractivity contribution in [2.24, 2.45) is 0 Å². The normalized spacial score (nSPS) is 23.0. The number of hydrogen-bond acceptors (Lipinski definition) is 4. The zero-order valence-electron chi connectivity index (χ0n) is 13.8. The van der Waals surface area contributed by atoms with Crippen molar-refractivity contribution >= 4 is 5.69 Å². The Labute approximate surface area is 137 Å². The standard InChI is InChI=1S/C19H23NO3/c1-4-19(21-3)12-13(2)17-10-9-16(11-18(17)23-19)22-15-7-5-14(20)6-8-15/h5-11,13H,4,12,20H2,1-3H3. The van der Waals surface area contributed by atoms with Gasteiger partial charge >= 0.3 is 0 Å². The lowest BCUT2D eigenvalue weighted by molar-refractivity contribution is -0.180. The number of anilines is 1. The minimum absolute atomic E-state index is 0.379. The van der Waals surface area contributed by atoms with Crippen LogP contribution in [0.15, 0.2) is 42.5 Å². The van der Waals surface area contributed by atoms with Gasteiger partial charge in [-0.25, -0.2) is 0 Å². The lowest BCUT2D eigenvalue weighted by Gasteiger charge is -2.39. The Bertz CT molecular complexity index is 678. The van der Waals surface area contributed by atoms with Crippen molar-refractivity contribution in [3.05, 3.63) is 48.0 Å². The number of ether oxygens (including phenoxy) is 3. The first-order chi connectivity index (χ1) is 11.0. The van der Waals surface area contributed by atoms with E-state index in [1.54, 1.807) is 7.11 Å². The van der Waals surface area contributed by atoms with E-state index < -0.39 is 5.79 Å². The van der Waals surface area contributed by atoms with Crippen molar-refractivity contribution in [3.63, 3.8) is 0 Å². The van der Waals surface area contributed by atoms with Gasteiger partial charge in [0.15, 0.2) is 0 Å². The monoisotopic (exact) mass is 313 g/mol. The quantitative estimate of drug-likeness (QED) is 0.831. The lowest BCUT2D eigenvalue weighted by atomic mass is 9.88. The van der Waals surface area contributed by atoms with Crippen LogP contribution in [-0.4, -0.2) is 12.9 Å². The van der Waals surface area contributed by atoms with Crippen LogP contribution >= 0.6 is 0 Å². The number of benzene rings is 2. The van der Waals surface area contributed by atoms with Gasteiger partial charge in [-0.1, -0.05) is 19.9 Å². The smallest absolute Gasteiger partial charge is 0.210 e. The third-order valence-electron chi connectivity index (χ3n) is 4.46. The van der Waals surface area contributed by atoms with E-state index in [9.17, 15) is 0 Å². The van der Waals surface area contributed by atoms with Gasteiger partial charge in [-0.15, -0.1) is 0 Å². The molecular weight excluding hydrogens is 290 g/mol. The van der Waals surface area contributed by atoms with E-state index in [4.69, 9.17) is 19.9 Å². The summed E-state index contributed by atoms with van der Waals surface area (Å²) in [6.45, 7) is 4.28. The van der Waals surface area contributed by atoms with Crippen LogP contribution < -0.4 is 15.2 Å². The number of methoxy groups -OCH3 is 1. The predicted molar refractivity (Wildman–Crippen MR) is 91.1 cm³/mol. The van der Waals surface area contributed by atoms with Crippen molar-refractivity contribution in [1.82, 2.24) is 0 Å². The molecule has 2 aromatic rings. The molecular formula is C19H23NO3. The average Bonchev–Trinajstić information content (AvgIpc) is 2.56. The van der Waals surface area contributed by atoms with Crippen LogP contribution in [0.4, 0.5) is 5.69 Å². The van der Waals surface area contributed by atoms with E-state index in [2.05, 4.69) is 19.9 Å². The van der Waals surface area contributed by atoms with Gasteiger partial charge in [0.1, 0.15) is 17.2 Å². The summed E-state index contributed by atoms with van der Waals surface area (Å²) < 4.78 is 17.7. The van der Waals surface area contributed by atoms with Crippen molar-refractivity contribution in [2.75, 3.05) is 12.8 Å². The lowest BCUT2D eigenvalue weighted by Crippen LogP contribution is -2.41. The molecule has 2 aromatic carbocycles. The van der Waals surface area contributed by atoms with Gasteiger partial charge in [0.25, 0.3) is 0 Å². The molecule has 0 bridgehead atoms. The van der Waals surface area contributed by atoms with Crippen LogP contribution in [0.25, 0.3) is 0 Å². The molecule has 122 valence electrons. The van der Waals surface area contributed by atoms with E-state index in [1.165, 1.54) is 5.56 Å². The van der Waals surface area contributed by atoms with Gasteiger partial charge in [-0.3, -0.25) is 0 Å². The fraction of sp³-hybridized carbons (Fsp3) is 0.368. The summed E-state index contributed by atoms with van der Waals surface area (Å²) in [6, 6.07) is 13.3. The molecule has 0 radical (unpaired) electrons. The van der Waals surface area contributed by atoms with E-state index in [0.717, 1.165) is 30.1 Å². The molecule has 0 amide bonds. The topological polar surface area (TPSA) is 53.7 Å². The van der Waals surface area contributed by atoms with Gasteiger partial charge in [-0.05, 0) is 41.8 Å². The van der Waals surface area contributed by atoms with Crippen molar-refractivity contribution in [2.45, 2.75) is 38.4 Å². The Morgan fingerprint density at radius 2 is 1.87 bits per heavy atom. The number of hydrogen-bond donors (Lipinski definition) is 1. The summed E-state index contributed by atoms with van der Waals surface area (Å²) in [4.78, 5) is 0. The third-order valence-corrected chi connectivity index (χ3v) is 4.46. The summed E-state index contributed by atoms with van der Waals surface area (Å²) in [6.07, 6.45) is 1.65. The highest BCUT2D eigenvalue weighted by molar-refractivity contribution is 5.47. The molecule has 1 aliphatic rings. The first-order valence-electron chi connectivity index (χ1n) is 7.97. The molecule has 0 saturated carbocycles. The van der Waals surface area contributed by atoms with E-state index in [-0.39, 0.29) is 0 Å². The van der Waals surface area contributed by atoms with Crippen LogP contribution in [0.1, 0.15) is 38.2 Å². The molecule has 3 rings (SSSR count). The van der Waals surface area contributed by atoms with Crippen LogP contribution in [0.5, 0.6) is 17.2 Å². The zero-order chi connectivity index (χ0) is 16.4. The molecule has 0 spiro atoms. The van der Waals surface area contributed by atoms with E-state index >= 15 is 0 Å². The number of rotatable bonds is 4. The van der Waals surface area contributed by atoms with Crippen LogP contribution in [0, 0.1) is 0 Å². The first-order valence-corrected chi connectivity index (χ1v) is 7.97. The molecule has 2 N–H and O–H groups in total. The summed E-state index contributed by atoms with van der Waals surface area (Å²) in [7, 11) is 1.70. The Kier molecular flexibility index (Phi) is 4.18. The fourth-order valence-electron chi connectivity index (χ4n) is 3.05. The minimum atomic E-state index is -0.549. The van der Waals surface area contributed by atoms with Crippen molar-refractivity contribution < 1.29 is 14.2 Å². The van der Waals surface area contributed by atoms with E-state index in [0.29, 0.717) is 11.6 Å². The molecule has 0 saturated heterocycles. The zero-order valence-corrected chi connectivity index (χ0v) is 13.8. The SMILES string of the molecule is CCC1(OC)CC(C)c2ccc(Oc3ccc(N)cc3)cc2O1. The van der Waals surface area contributed by atoms with Crippen LogP contribution in [-0.2, 0) is 4.74 Å². The summed E-state index contributed by atoms with van der Waals surface area (Å²) >= 11 is 0. The van der Waals surface area contributed by atoms with Crippen LogP contribution in [0.3, 0.4) is 0 Å². The highest BCUT2D eigenvalue weighted by Crippen LogP contribution is 2.44. The number of nitrogens with two attached hydrogens (primary N) is 1. The summed E-state index contributed by atoms with van der Waals surface area (Å²) in [5, 5.41) is 0. The van der Waals surface area contributed by atoms with Gasteiger partial charge in [0.2, 0.25) is 5.79 Å². The second-order valence-corrected chi connectivity index (χ2v) is 6.05. The molecule has 4 heteroatoms. The first kappa shape index (κ1) is 15.7. The number of nitrogen functional groups attached to an aromatic ring is 1. The molecule has 0 fully saturated rings. The highest BCUT2D eigenvalue weighted by atomic mass is 16.7. The molecule has 2 unspecified atom stereocenters. The Balaban J connectivity index is 1.88. The molecule has 0 aliphatic carbocycles. The second kappa shape index (κ2) is 6.13. The molecule has 1 aliphatic heterocycles. The van der Waals surface area contributed by atoms with Gasteiger partial charge < -0.3 is 19.9 Å². The predicted octanol–water partition coefficient (Wildman–Crippen LogP) is 4.70. The van der Waals surface area contributed by atoms with Gasteiger partial charge in [0, 0.05) is 31.7 Å². The molecule has 23 heavy (non-hydrogen) atoms. The van der Waals surface area contributed by atoms with Crippen LogP contribution in [0.2, 0.25) is 0 Å². The van der Waals surface area contributed by atoms with E-state index in [1.807, 2.05) is 36.4 Å². The molecule has 2 atom stereocenters. The maximum absolute atomic E-state index is 6.16. The molecule has 0 aromatic heterocycles. The Morgan fingerprint density at radius 1 is 1.17 bits per heavy atom. The summed E-state index contributed by atoms with van der Waals surface area (Å²) in [5.41, 5.74) is 7.60. The second-order valence-electron chi connectivity index (χ2n) is 6.05. The maximum Gasteiger partial charge on any atom is 0.210 e. The molecule has 1 heterocycles. The highest BCUT2D eigenvalue weighted by Gasteiger charge is 2.38. The average molecular weight is 313 g/mol. The van der Waals surface area contributed by atoms with Gasteiger partial charge in [-0.2, -0.15) is 0 Å². The Hall–Kier alpha value is -2.20. The van der Waals surface area contributed by atoms with Crippen molar-refractivity contribution in [1.29, 1.82) is 0 Å². The van der Waals surface area contributed by atoms with Gasteiger partial charge in [0.05, 0.1) is 0 Å². The Morgan fingerprint density at radius 3 is 2.52 bits per heavy atom. The third kappa shape index (κ3) is 3.13. The largest absolute Gasteiger partial charge is 0.462 e. The minimum Gasteiger partial charge on any atom is -0.462 e. The summed E-state index contributed by atoms with van der Waals surface area (Å²) in [5.74, 6) is 2.15. The van der Waals surface area contributed by atoms with Crippen molar-refractivity contribution in [3.8, 4) is 17.2 Å². The molecule has 4 nitrogen and oxygen atoms in total. The fourth-order valence-corrected chi connectivity index (χ4v) is 3.05. The number of fused-ring (bicyclic) bond motifs is 1. The maximum atomic E-state index is 6.16.